The molecule has 1 heterocycles. The summed E-state index contributed by atoms with van der Waals surface area (Å²) in [5.41, 5.74) is 1.15. The van der Waals surface area contributed by atoms with Crippen LogP contribution in [0, 0.1) is 5.92 Å². The maximum absolute atomic E-state index is 11.4. The smallest absolute Gasteiger partial charge is 0.233 e. The number of halogens is 1. The topological polar surface area (TPSA) is 59.0 Å². The molecule has 1 aromatic heterocycles. The van der Waals surface area contributed by atoms with Crippen LogP contribution in [0.25, 0.3) is 0 Å². The summed E-state index contributed by atoms with van der Waals surface area (Å²) in [5.74, 6) is 0.896. The van der Waals surface area contributed by atoms with Crippen molar-refractivity contribution in [2.45, 2.75) is 19.3 Å². The van der Waals surface area contributed by atoms with Gasteiger partial charge < -0.3 is 10.6 Å². The number of nitrogens with zero attached hydrogens (tertiary/aromatic N) is 2. The molecule has 5 nitrogen and oxygen atoms in total. The Bertz CT molecular complexity index is 376. The molecule has 1 saturated carbocycles. The second-order valence-electron chi connectivity index (χ2n) is 4.70. The third kappa shape index (κ3) is 5.51. The van der Waals surface area contributed by atoms with Crippen molar-refractivity contribution in [2.24, 2.45) is 13.0 Å². The Hall–Kier alpha value is -1.07. The number of rotatable bonds is 7. The summed E-state index contributed by atoms with van der Waals surface area (Å²) >= 11 is 0. The van der Waals surface area contributed by atoms with Crippen molar-refractivity contribution in [3.63, 3.8) is 0 Å². The van der Waals surface area contributed by atoms with Crippen molar-refractivity contribution in [3.8, 4) is 0 Å². The van der Waals surface area contributed by atoms with Crippen LogP contribution in [-0.4, -0.2) is 35.3 Å². The van der Waals surface area contributed by atoms with E-state index in [0.717, 1.165) is 24.4 Å². The monoisotopic (exact) mass is 272 g/mol. The Morgan fingerprint density at radius 2 is 2.33 bits per heavy atom. The summed E-state index contributed by atoms with van der Waals surface area (Å²) in [7, 11) is 1.89. The number of aryl methyl sites for hydroxylation is 1. The van der Waals surface area contributed by atoms with Gasteiger partial charge >= 0.3 is 0 Å². The zero-order valence-corrected chi connectivity index (χ0v) is 11.5. The molecule has 1 fully saturated rings. The molecular weight excluding hydrogens is 252 g/mol. The third-order valence-electron chi connectivity index (χ3n) is 2.91. The summed E-state index contributed by atoms with van der Waals surface area (Å²) in [4.78, 5) is 11.4. The first kappa shape index (κ1) is 15.0. The van der Waals surface area contributed by atoms with E-state index in [0.29, 0.717) is 13.1 Å². The van der Waals surface area contributed by atoms with E-state index in [1.165, 1.54) is 12.8 Å². The molecule has 1 amide bonds. The van der Waals surface area contributed by atoms with Gasteiger partial charge in [0, 0.05) is 19.8 Å². The molecule has 2 rings (SSSR count). The van der Waals surface area contributed by atoms with E-state index in [4.69, 9.17) is 0 Å². The lowest BCUT2D eigenvalue weighted by Crippen LogP contribution is -2.35. The molecule has 1 aromatic rings. The van der Waals surface area contributed by atoms with Crippen molar-refractivity contribution in [1.29, 1.82) is 0 Å². The Labute approximate surface area is 114 Å². The lowest BCUT2D eigenvalue weighted by Gasteiger charge is -2.05. The fraction of sp³-hybridized carbons (Fsp3) is 0.667. The number of carbonyl (C=O) groups is 1. The first-order chi connectivity index (χ1) is 8.24. The van der Waals surface area contributed by atoms with Gasteiger partial charge in [0.25, 0.3) is 0 Å². The quantitative estimate of drug-likeness (QED) is 0.760. The van der Waals surface area contributed by atoms with E-state index < -0.39 is 0 Å². The van der Waals surface area contributed by atoms with E-state index in [1.807, 2.05) is 19.4 Å². The molecule has 18 heavy (non-hydrogen) atoms. The molecular formula is C12H21ClN4O. The predicted molar refractivity (Wildman–Crippen MR) is 72.8 cm³/mol. The summed E-state index contributed by atoms with van der Waals surface area (Å²) in [6, 6.07) is 0. The van der Waals surface area contributed by atoms with Crippen LogP contribution >= 0.6 is 12.4 Å². The first-order valence-corrected chi connectivity index (χ1v) is 6.19. The van der Waals surface area contributed by atoms with Gasteiger partial charge in [-0.2, -0.15) is 5.10 Å². The maximum atomic E-state index is 11.4. The lowest BCUT2D eigenvalue weighted by molar-refractivity contribution is -0.120. The Balaban J connectivity index is 0.00000162. The SMILES string of the molecule is Cl.Cn1cc(CCNC(=O)CNCC2CC2)cn1. The molecule has 0 atom stereocenters. The second-order valence-corrected chi connectivity index (χ2v) is 4.70. The average Bonchev–Trinajstić information content (AvgIpc) is 3.02. The van der Waals surface area contributed by atoms with E-state index in [1.54, 1.807) is 4.68 Å². The zero-order valence-electron chi connectivity index (χ0n) is 10.7. The average molecular weight is 273 g/mol. The number of aromatic nitrogens is 2. The highest BCUT2D eigenvalue weighted by atomic mass is 35.5. The molecule has 0 aliphatic heterocycles. The van der Waals surface area contributed by atoms with Gasteiger partial charge in [-0.3, -0.25) is 9.48 Å². The Kier molecular flexibility index (Phi) is 6.15. The van der Waals surface area contributed by atoms with E-state index in [9.17, 15) is 4.79 Å². The number of hydrogen-bond donors (Lipinski definition) is 2. The molecule has 0 saturated heterocycles. The second kappa shape index (κ2) is 7.38. The molecule has 0 radical (unpaired) electrons. The van der Waals surface area contributed by atoms with Gasteiger partial charge in [0.1, 0.15) is 0 Å². The standard InChI is InChI=1S/C12H20N4O.ClH/c1-16-9-11(7-15-16)4-5-14-12(17)8-13-6-10-2-3-10;/h7,9-10,13H,2-6,8H2,1H3,(H,14,17);1H. The van der Waals surface area contributed by atoms with Crippen molar-refractivity contribution in [3.05, 3.63) is 18.0 Å². The minimum Gasteiger partial charge on any atom is -0.355 e. The number of amides is 1. The van der Waals surface area contributed by atoms with Gasteiger partial charge in [0.15, 0.2) is 0 Å². The minimum absolute atomic E-state index is 0. The molecule has 2 N–H and O–H groups in total. The largest absolute Gasteiger partial charge is 0.355 e. The molecule has 1 aliphatic carbocycles. The number of carbonyl (C=O) groups excluding carboxylic acids is 1. The van der Waals surface area contributed by atoms with E-state index in [-0.39, 0.29) is 18.3 Å². The highest BCUT2D eigenvalue weighted by Gasteiger charge is 2.20. The normalized spacial score (nSPS) is 14.1. The van der Waals surface area contributed by atoms with Crippen LogP contribution in [0.3, 0.4) is 0 Å². The summed E-state index contributed by atoms with van der Waals surface area (Å²) in [6.45, 7) is 2.09. The zero-order chi connectivity index (χ0) is 12.1. The highest BCUT2D eigenvalue weighted by molar-refractivity contribution is 5.85. The van der Waals surface area contributed by atoms with Gasteiger partial charge in [0.05, 0.1) is 12.7 Å². The van der Waals surface area contributed by atoms with Crippen LogP contribution in [0.15, 0.2) is 12.4 Å². The van der Waals surface area contributed by atoms with Crippen LogP contribution in [0.5, 0.6) is 0 Å². The van der Waals surface area contributed by atoms with E-state index in [2.05, 4.69) is 15.7 Å². The van der Waals surface area contributed by atoms with Crippen LogP contribution in [0.4, 0.5) is 0 Å². The van der Waals surface area contributed by atoms with Crippen LogP contribution in [0.2, 0.25) is 0 Å². The first-order valence-electron chi connectivity index (χ1n) is 6.19. The molecule has 0 spiro atoms. The van der Waals surface area contributed by atoms with Gasteiger partial charge in [-0.05, 0) is 37.3 Å². The van der Waals surface area contributed by atoms with Gasteiger partial charge in [-0.1, -0.05) is 0 Å². The molecule has 0 bridgehead atoms. The minimum atomic E-state index is 0. The third-order valence-corrected chi connectivity index (χ3v) is 2.91. The van der Waals surface area contributed by atoms with Gasteiger partial charge in [-0.15, -0.1) is 12.4 Å². The molecule has 1 aliphatic rings. The van der Waals surface area contributed by atoms with Crippen molar-refractivity contribution >= 4 is 18.3 Å². The highest BCUT2D eigenvalue weighted by Crippen LogP contribution is 2.27. The number of hydrogen-bond acceptors (Lipinski definition) is 3. The van der Waals surface area contributed by atoms with Crippen LogP contribution < -0.4 is 10.6 Å². The fourth-order valence-corrected chi connectivity index (χ4v) is 1.72. The van der Waals surface area contributed by atoms with Crippen molar-refractivity contribution < 1.29 is 4.79 Å². The van der Waals surface area contributed by atoms with Gasteiger partial charge in [0.2, 0.25) is 5.91 Å². The molecule has 0 unspecified atom stereocenters. The Morgan fingerprint density at radius 3 is 2.94 bits per heavy atom. The van der Waals surface area contributed by atoms with Crippen LogP contribution in [0.1, 0.15) is 18.4 Å². The maximum Gasteiger partial charge on any atom is 0.233 e. The molecule has 6 heteroatoms. The van der Waals surface area contributed by atoms with Gasteiger partial charge in [-0.25, -0.2) is 0 Å². The summed E-state index contributed by atoms with van der Waals surface area (Å²) in [6.07, 6.45) is 7.27. The van der Waals surface area contributed by atoms with Crippen LogP contribution in [-0.2, 0) is 18.3 Å². The Morgan fingerprint density at radius 1 is 1.56 bits per heavy atom. The van der Waals surface area contributed by atoms with Crippen molar-refractivity contribution in [2.75, 3.05) is 19.6 Å². The summed E-state index contributed by atoms with van der Waals surface area (Å²) < 4.78 is 1.77. The number of nitrogens with one attached hydrogen (secondary N) is 2. The summed E-state index contributed by atoms with van der Waals surface area (Å²) in [5, 5.41) is 10.1. The predicted octanol–water partition coefficient (Wildman–Crippen LogP) is 0.500. The van der Waals surface area contributed by atoms with E-state index >= 15 is 0 Å². The lowest BCUT2D eigenvalue weighted by atomic mass is 10.2. The van der Waals surface area contributed by atoms with Crippen molar-refractivity contribution in [1.82, 2.24) is 20.4 Å². The molecule has 0 aromatic carbocycles. The molecule has 102 valence electrons. The fourth-order valence-electron chi connectivity index (χ4n) is 1.72.